The first-order valence-corrected chi connectivity index (χ1v) is 5.91. The molecule has 0 aliphatic heterocycles. The maximum Gasteiger partial charge on any atom is 0.309 e. The van der Waals surface area contributed by atoms with Gasteiger partial charge < -0.3 is 5.11 Å². The summed E-state index contributed by atoms with van der Waals surface area (Å²) in [6.07, 6.45) is -0.0739. The van der Waals surface area contributed by atoms with E-state index in [0.29, 0.717) is 17.0 Å². The van der Waals surface area contributed by atoms with Crippen LogP contribution in [0.25, 0.3) is 11.3 Å². The summed E-state index contributed by atoms with van der Waals surface area (Å²) in [7, 11) is 1.71. The zero-order valence-corrected chi connectivity index (χ0v) is 11.1. The van der Waals surface area contributed by atoms with Gasteiger partial charge in [-0.05, 0) is 43.2 Å². The van der Waals surface area contributed by atoms with E-state index in [2.05, 4.69) is 5.10 Å². The van der Waals surface area contributed by atoms with Crippen molar-refractivity contribution in [3.63, 3.8) is 0 Å². The summed E-state index contributed by atoms with van der Waals surface area (Å²) < 4.78 is 14.8. The van der Waals surface area contributed by atoms with Gasteiger partial charge in [0.15, 0.2) is 0 Å². The minimum Gasteiger partial charge on any atom is -0.481 e. The van der Waals surface area contributed by atoms with Crippen molar-refractivity contribution in [1.29, 1.82) is 0 Å². The van der Waals surface area contributed by atoms with Crippen molar-refractivity contribution in [2.24, 2.45) is 7.05 Å². The Hall–Kier alpha value is -2.17. The number of nitrogens with zero attached hydrogens (tertiary/aromatic N) is 2. The molecule has 0 aliphatic carbocycles. The van der Waals surface area contributed by atoms with Crippen LogP contribution in [0.5, 0.6) is 0 Å². The SMILES string of the molecule is Cc1cc(-c2nn(C)c(CC(=O)O)c2C)ccc1F. The number of carboxylic acids is 1. The molecule has 0 bridgehead atoms. The van der Waals surface area contributed by atoms with Crippen LogP contribution in [0.2, 0.25) is 0 Å². The fourth-order valence-corrected chi connectivity index (χ4v) is 2.12. The third-order valence-electron chi connectivity index (χ3n) is 3.18. The van der Waals surface area contributed by atoms with Crippen LogP contribution in [0.3, 0.4) is 0 Å². The minimum atomic E-state index is -0.895. The Morgan fingerprint density at radius 3 is 2.68 bits per heavy atom. The Morgan fingerprint density at radius 2 is 2.11 bits per heavy atom. The number of carboxylic acid groups (broad SMARTS) is 1. The molecule has 0 aliphatic rings. The lowest BCUT2D eigenvalue weighted by Crippen LogP contribution is -2.06. The topological polar surface area (TPSA) is 55.1 Å². The van der Waals surface area contributed by atoms with E-state index in [4.69, 9.17) is 5.11 Å². The predicted octanol–water partition coefficient (Wildman–Crippen LogP) is 2.47. The molecular formula is C14H15FN2O2. The van der Waals surface area contributed by atoms with Gasteiger partial charge in [-0.1, -0.05) is 0 Å². The Labute approximate surface area is 110 Å². The predicted molar refractivity (Wildman–Crippen MR) is 69.4 cm³/mol. The number of benzene rings is 1. The highest BCUT2D eigenvalue weighted by Crippen LogP contribution is 2.26. The zero-order chi connectivity index (χ0) is 14.2. The molecule has 1 aromatic carbocycles. The molecule has 1 N–H and O–H groups in total. The van der Waals surface area contributed by atoms with Crippen molar-refractivity contribution in [2.45, 2.75) is 20.3 Å². The van der Waals surface area contributed by atoms with E-state index in [9.17, 15) is 9.18 Å². The average molecular weight is 262 g/mol. The molecule has 0 saturated carbocycles. The average Bonchev–Trinajstić information content (AvgIpc) is 2.60. The molecule has 4 nitrogen and oxygen atoms in total. The van der Waals surface area contributed by atoms with Gasteiger partial charge in [0.2, 0.25) is 0 Å². The van der Waals surface area contributed by atoms with Crippen LogP contribution >= 0.6 is 0 Å². The number of halogens is 1. The second-order valence-electron chi connectivity index (χ2n) is 4.58. The third kappa shape index (κ3) is 2.50. The van der Waals surface area contributed by atoms with E-state index in [-0.39, 0.29) is 12.2 Å². The first-order valence-electron chi connectivity index (χ1n) is 5.91. The second kappa shape index (κ2) is 4.84. The molecular weight excluding hydrogens is 247 g/mol. The van der Waals surface area contributed by atoms with Crippen LogP contribution in [-0.2, 0) is 18.3 Å². The Bertz CT molecular complexity index is 647. The molecule has 0 saturated heterocycles. The molecule has 0 amide bonds. The van der Waals surface area contributed by atoms with Crippen LogP contribution in [0.1, 0.15) is 16.8 Å². The van der Waals surface area contributed by atoms with E-state index in [0.717, 1.165) is 11.1 Å². The summed E-state index contributed by atoms with van der Waals surface area (Å²) in [5.41, 5.74) is 3.51. The summed E-state index contributed by atoms with van der Waals surface area (Å²) in [4.78, 5) is 10.8. The molecule has 5 heteroatoms. The third-order valence-corrected chi connectivity index (χ3v) is 3.18. The summed E-state index contributed by atoms with van der Waals surface area (Å²) in [5.74, 6) is -1.16. The molecule has 2 rings (SSSR count). The molecule has 0 fully saturated rings. The molecule has 0 radical (unpaired) electrons. The Morgan fingerprint density at radius 1 is 1.42 bits per heavy atom. The smallest absolute Gasteiger partial charge is 0.309 e. The van der Waals surface area contributed by atoms with E-state index in [1.54, 1.807) is 30.8 Å². The van der Waals surface area contributed by atoms with Crippen molar-refractivity contribution >= 4 is 5.97 Å². The van der Waals surface area contributed by atoms with Gasteiger partial charge in [0, 0.05) is 12.6 Å². The lowest BCUT2D eigenvalue weighted by atomic mass is 10.0. The summed E-state index contributed by atoms with van der Waals surface area (Å²) >= 11 is 0. The van der Waals surface area contributed by atoms with Crippen LogP contribution < -0.4 is 0 Å². The summed E-state index contributed by atoms with van der Waals surface area (Å²) in [5, 5.41) is 13.2. The van der Waals surface area contributed by atoms with Gasteiger partial charge in [-0.25, -0.2) is 4.39 Å². The number of hydrogen-bond donors (Lipinski definition) is 1. The summed E-state index contributed by atoms with van der Waals surface area (Å²) in [6, 6.07) is 4.77. The summed E-state index contributed by atoms with van der Waals surface area (Å²) in [6.45, 7) is 3.52. The highest BCUT2D eigenvalue weighted by atomic mass is 19.1. The van der Waals surface area contributed by atoms with Gasteiger partial charge in [-0.2, -0.15) is 5.10 Å². The quantitative estimate of drug-likeness (QED) is 0.924. The van der Waals surface area contributed by atoms with Gasteiger partial charge in [-0.15, -0.1) is 0 Å². The van der Waals surface area contributed by atoms with E-state index < -0.39 is 5.97 Å². The van der Waals surface area contributed by atoms with Gasteiger partial charge in [-0.3, -0.25) is 9.48 Å². The van der Waals surface area contributed by atoms with Crippen LogP contribution in [0.15, 0.2) is 18.2 Å². The van der Waals surface area contributed by atoms with Gasteiger partial charge in [0.1, 0.15) is 5.82 Å². The Balaban J connectivity index is 2.51. The fourth-order valence-electron chi connectivity index (χ4n) is 2.12. The number of aryl methyl sites for hydroxylation is 2. The molecule has 0 unspecified atom stereocenters. The standard InChI is InChI=1S/C14H15FN2O2/c1-8-6-10(4-5-11(8)15)14-9(2)12(7-13(18)19)17(3)16-14/h4-6H,7H2,1-3H3,(H,18,19). The lowest BCUT2D eigenvalue weighted by molar-refractivity contribution is -0.136. The van der Waals surface area contributed by atoms with Gasteiger partial charge >= 0.3 is 5.97 Å². The van der Waals surface area contributed by atoms with Crippen molar-refractivity contribution in [3.05, 3.63) is 40.8 Å². The number of carbonyl (C=O) groups is 1. The number of hydrogen-bond acceptors (Lipinski definition) is 2. The van der Waals surface area contributed by atoms with Crippen molar-refractivity contribution in [3.8, 4) is 11.3 Å². The number of rotatable bonds is 3. The first-order chi connectivity index (χ1) is 8.90. The van der Waals surface area contributed by atoms with E-state index in [1.165, 1.54) is 6.07 Å². The monoisotopic (exact) mass is 262 g/mol. The van der Waals surface area contributed by atoms with Crippen molar-refractivity contribution in [1.82, 2.24) is 9.78 Å². The second-order valence-corrected chi connectivity index (χ2v) is 4.58. The molecule has 2 aromatic rings. The lowest BCUT2D eigenvalue weighted by Gasteiger charge is -2.02. The van der Waals surface area contributed by atoms with E-state index in [1.807, 2.05) is 6.92 Å². The molecule has 19 heavy (non-hydrogen) atoms. The zero-order valence-electron chi connectivity index (χ0n) is 11.1. The van der Waals surface area contributed by atoms with Crippen LogP contribution in [0, 0.1) is 19.7 Å². The number of aliphatic carboxylic acids is 1. The molecule has 100 valence electrons. The van der Waals surface area contributed by atoms with Crippen molar-refractivity contribution < 1.29 is 14.3 Å². The normalized spacial score (nSPS) is 10.7. The molecule has 0 spiro atoms. The van der Waals surface area contributed by atoms with Gasteiger partial charge in [0.25, 0.3) is 0 Å². The highest BCUT2D eigenvalue weighted by molar-refractivity contribution is 5.72. The van der Waals surface area contributed by atoms with Crippen LogP contribution in [-0.4, -0.2) is 20.9 Å². The first kappa shape index (κ1) is 13.3. The van der Waals surface area contributed by atoms with Crippen LogP contribution in [0.4, 0.5) is 4.39 Å². The van der Waals surface area contributed by atoms with E-state index >= 15 is 0 Å². The van der Waals surface area contributed by atoms with Crippen molar-refractivity contribution in [2.75, 3.05) is 0 Å². The molecule has 0 atom stereocenters. The van der Waals surface area contributed by atoms with Gasteiger partial charge in [0.05, 0.1) is 17.8 Å². The maximum absolute atomic E-state index is 13.3. The minimum absolute atomic E-state index is 0.0739. The fraction of sp³-hybridized carbons (Fsp3) is 0.286. The molecule has 1 aromatic heterocycles. The maximum atomic E-state index is 13.3. The number of aromatic nitrogens is 2. The highest BCUT2D eigenvalue weighted by Gasteiger charge is 2.16. The largest absolute Gasteiger partial charge is 0.481 e. The molecule has 1 heterocycles. The Kier molecular flexibility index (Phi) is 3.38.